The molecule has 2 aliphatic heterocycles. The van der Waals surface area contributed by atoms with Crippen LogP contribution in [0.2, 0.25) is 0 Å². The first kappa shape index (κ1) is 22.5. The molecule has 1 unspecified atom stereocenters. The summed E-state index contributed by atoms with van der Waals surface area (Å²) in [6, 6.07) is 6.33. The van der Waals surface area contributed by atoms with Gasteiger partial charge in [-0.25, -0.2) is 9.18 Å². The molecule has 1 aromatic rings. The van der Waals surface area contributed by atoms with E-state index in [0.29, 0.717) is 38.5 Å². The Hall–Kier alpha value is -2.15. The maximum absolute atomic E-state index is 13.3. The molecule has 2 aliphatic rings. The van der Waals surface area contributed by atoms with Gasteiger partial charge in [-0.15, -0.1) is 0 Å². The summed E-state index contributed by atoms with van der Waals surface area (Å²) < 4.78 is 18.6. The van der Waals surface area contributed by atoms with Crippen molar-refractivity contribution in [2.24, 2.45) is 17.6 Å². The number of piperidine rings is 2. The second-order valence-electron chi connectivity index (χ2n) is 9.61. The lowest BCUT2D eigenvalue weighted by Crippen LogP contribution is -2.56. The average Bonchev–Trinajstić information content (AvgIpc) is 2.68. The van der Waals surface area contributed by atoms with E-state index in [-0.39, 0.29) is 23.9 Å². The Kier molecular flexibility index (Phi) is 7.01. The third-order valence-corrected chi connectivity index (χ3v) is 5.90. The summed E-state index contributed by atoms with van der Waals surface area (Å²) in [5.74, 6) is -0.273. The first-order valence-corrected chi connectivity index (χ1v) is 10.9. The summed E-state index contributed by atoms with van der Waals surface area (Å²) in [5.41, 5.74) is 6.80. The van der Waals surface area contributed by atoms with Crippen LogP contribution in [0, 0.1) is 17.7 Å². The van der Waals surface area contributed by atoms with Crippen molar-refractivity contribution in [2.75, 3.05) is 26.2 Å². The van der Waals surface area contributed by atoms with Crippen LogP contribution in [0.1, 0.15) is 45.6 Å². The summed E-state index contributed by atoms with van der Waals surface area (Å²) in [5, 5.41) is 0. The van der Waals surface area contributed by atoms with Gasteiger partial charge >= 0.3 is 6.09 Å². The Bertz CT molecular complexity index is 747. The number of nitrogens with zero attached hydrogens (tertiary/aromatic N) is 2. The number of nitrogens with two attached hydrogens (primary N) is 1. The van der Waals surface area contributed by atoms with Gasteiger partial charge in [0.15, 0.2) is 0 Å². The quantitative estimate of drug-likeness (QED) is 0.816. The predicted molar refractivity (Wildman–Crippen MR) is 113 cm³/mol. The molecule has 0 aliphatic carbocycles. The van der Waals surface area contributed by atoms with Gasteiger partial charge in [0.1, 0.15) is 11.4 Å². The molecular weight excluding hydrogens is 385 g/mol. The summed E-state index contributed by atoms with van der Waals surface area (Å²) in [6.45, 7) is 7.69. The highest BCUT2D eigenvalue weighted by molar-refractivity contribution is 5.81. The van der Waals surface area contributed by atoms with Crippen molar-refractivity contribution in [1.82, 2.24) is 9.80 Å². The Morgan fingerprint density at radius 2 is 1.80 bits per heavy atom. The number of halogens is 1. The molecule has 2 saturated heterocycles. The molecule has 6 nitrogen and oxygen atoms in total. The molecular formula is C23H34FN3O3. The monoisotopic (exact) mass is 419 g/mol. The van der Waals surface area contributed by atoms with Crippen LogP contribution in [-0.4, -0.2) is 59.6 Å². The fourth-order valence-corrected chi connectivity index (χ4v) is 4.34. The van der Waals surface area contributed by atoms with E-state index < -0.39 is 11.5 Å². The lowest BCUT2D eigenvalue weighted by Gasteiger charge is -2.41. The van der Waals surface area contributed by atoms with Crippen molar-refractivity contribution in [3.8, 4) is 0 Å². The Morgan fingerprint density at radius 1 is 1.10 bits per heavy atom. The van der Waals surface area contributed by atoms with Crippen molar-refractivity contribution in [2.45, 2.75) is 58.1 Å². The molecule has 2 fully saturated rings. The van der Waals surface area contributed by atoms with Gasteiger partial charge in [0.2, 0.25) is 5.91 Å². The van der Waals surface area contributed by atoms with Gasteiger partial charge < -0.3 is 20.3 Å². The largest absolute Gasteiger partial charge is 0.444 e. The number of hydrogen-bond donors (Lipinski definition) is 1. The molecule has 0 saturated carbocycles. The lowest BCUT2D eigenvalue weighted by atomic mass is 9.88. The molecule has 30 heavy (non-hydrogen) atoms. The Labute approximate surface area is 178 Å². The van der Waals surface area contributed by atoms with Crippen molar-refractivity contribution in [1.29, 1.82) is 0 Å². The first-order valence-electron chi connectivity index (χ1n) is 10.9. The molecule has 3 rings (SSSR count). The van der Waals surface area contributed by atoms with E-state index in [9.17, 15) is 14.0 Å². The number of carbonyl (C=O) groups excluding carboxylic acids is 2. The SMILES string of the molecule is CC(C)(C)OC(=O)N1CC[C@@H](N)[C@H](C(=O)N2CCCC(Cc3ccc(F)cc3)C2)C1. The average molecular weight is 420 g/mol. The van der Waals surface area contributed by atoms with Crippen LogP contribution in [0.4, 0.5) is 9.18 Å². The van der Waals surface area contributed by atoms with Crippen LogP contribution in [0.5, 0.6) is 0 Å². The third-order valence-electron chi connectivity index (χ3n) is 5.90. The standard InChI is InChI=1S/C23H34FN3O3/c1-23(2,3)30-22(29)27-12-10-20(25)19(15-27)21(28)26-11-4-5-17(14-26)13-16-6-8-18(24)9-7-16/h6-9,17,19-20H,4-5,10-15,25H2,1-3H3/t17?,19-,20-/m1/s1. The minimum absolute atomic E-state index is 0.0274. The van der Waals surface area contributed by atoms with Gasteiger partial charge in [-0.2, -0.15) is 0 Å². The molecule has 7 heteroatoms. The number of likely N-dealkylation sites (tertiary alicyclic amines) is 2. The second-order valence-corrected chi connectivity index (χ2v) is 9.61. The Balaban J connectivity index is 1.60. The molecule has 166 valence electrons. The van der Waals surface area contributed by atoms with E-state index in [0.717, 1.165) is 24.8 Å². The number of benzene rings is 1. The highest BCUT2D eigenvalue weighted by Gasteiger charge is 2.38. The number of carbonyl (C=O) groups is 2. The van der Waals surface area contributed by atoms with Crippen LogP contribution in [-0.2, 0) is 16.0 Å². The number of amides is 2. The summed E-state index contributed by atoms with van der Waals surface area (Å²) in [7, 11) is 0. The van der Waals surface area contributed by atoms with Crippen LogP contribution in [0.15, 0.2) is 24.3 Å². The normalized spacial score (nSPS) is 25.2. The molecule has 2 N–H and O–H groups in total. The molecule has 0 bridgehead atoms. The number of hydrogen-bond acceptors (Lipinski definition) is 4. The zero-order chi connectivity index (χ0) is 21.9. The van der Waals surface area contributed by atoms with Crippen molar-refractivity contribution < 1.29 is 18.7 Å². The van der Waals surface area contributed by atoms with E-state index in [1.165, 1.54) is 12.1 Å². The molecule has 0 aromatic heterocycles. The fraction of sp³-hybridized carbons (Fsp3) is 0.652. The van der Waals surface area contributed by atoms with Gasteiger partial charge in [0, 0.05) is 32.2 Å². The third kappa shape index (κ3) is 5.94. The summed E-state index contributed by atoms with van der Waals surface area (Å²) in [6.07, 6.45) is 3.00. The maximum atomic E-state index is 13.3. The molecule has 0 radical (unpaired) electrons. The van der Waals surface area contributed by atoms with Crippen LogP contribution < -0.4 is 5.73 Å². The number of rotatable bonds is 3. The van der Waals surface area contributed by atoms with E-state index in [1.54, 1.807) is 4.90 Å². The predicted octanol–water partition coefficient (Wildman–Crippen LogP) is 3.19. The lowest BCUT2D eigenvalue weighted by molar-refractivity contribution is -0.139. The van der Waals surface area contributed by atoms with Gasteiger partial charge in [-0.1, -0.05) is 12.1 Å². The van der Waals surface area contributed by atoms with Crippen LogP contribution in [0.25, 0.3) is 0 Å². The van der Waals surface area contributed by atoms with E-state index in [1.807, 2.05) is 37.8 Å². The highest BCUT2D eigenvalue weighted by Crippen LogP contribution is 2.26. The smallest absolute Gasteiger partial charge is 0.410 e. The summed E-state index contributed by atoms with van der Waals surface area (Å²) >= 11 is 0. The topological polar surface area (TPSA) is 75.9 Å². The molecule has 2 heterocycles. The zero-order valence-electron chi connectivity index (χ0n) is 18.3. The van der Waals surface area contributed by atoms with E-state index >= 15 is 0 Å². The highest BCUT2D eigenvalue weighted by atomic mass is 19.1. The number of ether oxygens (including phenoxy) is 1. The van der Waals surface area contributed by atoms with E-state index in [2.05, 4.69) is 0 Å². The minimum Gasteiger partial charge on any atom is -0.444 e. The van der Waals surface area contributed by atoms with Crippen LogP contribution >= 0.6 is 0 Å². The molecule has 3 atom stereocenters. The minimum atomic E-state index is -0.573. The van der Waals surface area contributed by atoms with Gasteiger partial charge in [0.25, 0.3) is 0 Å². The van der Waals surface area contributed by atoms with E-state index in [4.69, 9.17) is 10.5 Å². The zero-order valence-corrected chi connectivity index (χ0v) is 18.3. The van der Waals surface area contributed by atoms with Crippen LogP contribution in [0.3, 0.4) is 0 Å². The molecule has 2 amide bonds. The fourth-order valence-electron chi connectivity index (χ4n) is 4.34. The second kappa shape index (κ2) is 9.33. The van der Waals surface area contributed by atoms with Gasteiger partial charge in [-0.05, 0) is 70.1 Å². The summed E-state index contributed by atoms with van der Waals surface area (Å²) in [4.78, 5) is 29.2. The van der Waals surface area contributed by atoms with Crippen molar-refractivity contribution >= 4 is 12.0 Å². The Morgan fingerprint density at radius 3 is 2.47 bits per heavy atom. The van der Waals surface area contributed by atoms with Crippen molar-refractivity contribution in [3.05, 3.63) is 35.6 Å². The van der Waals surface area contributed by atoms with Crippen molar-refractivity contribution in [3.63, 3.8) is 0 Å². The van der Waals surface area contributed by atoms with Gasteiger partial charge in [0.05, 0.1) is 5.92 Å². The maximum Gasteiger partial charge on any atom is 0.410 e. The first-order chi connectivity index (χ1) is 14.1. The molecule has 0 spiro atoms. The van der Waals surface area contributed by atoms with Gasteiger partial charge in [-0.3, -0.25) is 4.79 Å². The molecule has 1 aromatic carbocycles.